The third-order valence-electron chi connectivity index (χ3n) is 7.62. The first kappa shape index (κ1) is 30.5. The van der Waals surface area contributed by atoms with E-state index in [0.717, 1.165) is 45.4 Å². The molecule has 1 aliphatic heterocycles. The van der Waals surface area contributed by atoms with Crippen molar-refractivity contribution in [3.05, 3.63) is 99.4 Å². The Morgan fingerprint density at radius 1 is 1.07 bits per heavy atom. The van der Waals surface area contributed by atoms with Crippen molar-refractivity contribution in [3.63, 3.8) is 0 Å². The number of hydrogen-bond acceptors (Lipinski definition) is 8. The number of ether oxygens (including phenoxy) is 1. The molecular formula is C32H29BClN6O4S. The fourth-order valence-electron chi connectivity index (χ4n) is 5.38. The Labute approximate surface area is 269 Å². The van der Waals surface area contributed by atoms with Gasteiger partial charge in [-0.2, -0.15) is 0 Å². The van der Waals surface area contributed by atoms with E-state index in [2.05, 4.69) is 26.2 Å². The topological polar surface area (TPSA) is 131 Å². The van der Waals surface area contributed by atoms with Gasteiger partial charge in [-0.25, -0.2) is 0 Å². The summed E-state index contributed by atoms with van der Waals surface area (Å²) in [6, 6.07) is 18.1. The molecule has 13 heteroatoms. The second-order valence-electron chi connectivity index (χ2n) is 10.6. The quantitative estimate of drug-likeness (QED) is 0.201. The van der Waals surface area contributed by atoms with E-state index in [1.165, 1.54) is 0 Å². The van der Waals surface area contributed by atoms with Crippen LogP contribution in [-0.4, -0.2) is 65.0 Å². The number of amides is 2. The summed E-state index contributed by atoms with van der Waals surface area (Å²) < 4.78 is 8.49. The third kappa shape index (κ3) is 6.49. The number of aryl methyl sites for hydroxylation is 1. The summed E-state index contributed by atoms with van der Waals surface area (Å²) in [6.07, 6.45) is 0.605. The molecule has 0 spiro atoms. The largest absolute Gasteiger partial charge is 0.497 e. The number of benzene rings is 3. The van der Waals surface area contributed by atoms with Gasteiger partial charge >= 0.3 is 7.48 Å². The smallest absolute Gasteiger partial charge is 0.326 e. The number of nitrogens with one attached hydrogen (secondary N) is 2. The van der Waals surface area contributed by atoms with E-state index in [9.17, 15) is 14.6 Å². The van der Waals surface area contributed by atoms with Gasteiger partial charge in [-0.1, -0.05) is 41.3 Å². The molecule has 0 bridgehead atoms. The van der Waals surface area contributed by atoms with Crippen molar-refractivity contribution in [1.82, 2.24) is 25.4 Å². The molecule has 6 rings (SSSR count). The van der Waals surface area contributed by atoms with Gasteiger partial charge in [-0.15, -0.1) is 21.5 Å². The van der Waals surface area contributed by atoms with E-state index < -0.39 is 6.04 Å². The average molecular weight is 640 g/mol. The van der Waals surface area contributed by atoms with E-state index in [0.29, 0.717) is 41.1 Å². The van der Waals surface area contributed by atoms with Crippen LogP contribution in [0, 0.1) is 6.92 Å². The van der Waals surface area contributed by atoms with Crippen molar-refractivity contribution < 1.29 is 19.3 Å². The molecule has 1 aliphatic rings. The molecule has 0 fully saturated rings. The lowest BCUT2D eigenvalue weighted by Gasteiger charge is -2.14. The first-order valence-electron chi connectivity index (χ1n) is 14.3. The SMILES string of the molecule is COc1ccc2c(c1)C(c1ccc(Cl)cc1)=N[C@@H](CC(=O)NCC(=O)NCCc1csc3cc([B]O)ccc13)c1nnc(C)n1-2. The number of rotatable bonds is 10. The second-order valence-corrected chi connectivity index (χ2v) is 11.9. The van der Waals surface area contributed by atoms with Crippen LogP contribution in [0.1, 0.15) is 40.8 Å². The molecule has 1 atom stereocenters. The highest BCUT2D eigenvalue weighted by Crippen LogP contribution is 2.34. The lowest BCUT2D eigenvalue weighted by atomic mass is 9.88. The minimum absolute atomic E-state index is 0.0399. The Morgan fingerprint density at radius 2 is 1.89 bits per heavy atom. The fourth-order valence-corrected chi connectivity index (χ4v) is 6.55. The standard InChI is InChI=1S/C32H29BClN6O4S/c1-18-38-39-32-26(37-31(19-3-6-22(34)7-4-19)25-14-23(44-2)8-10-27(25)40(18)32)15-29(41)36-16-30(42)35-12-11-20-17-45-28-13-21(33-43)5-9-24(20)28/h3-10,13-14,17,26,43H,11-12,15-16H2,1-2H3,(H,35,42)(H,36,41)/t26-/m0/s1. The molecule has 3 heterocycles. The lowest BCUT2D eigenvalue weighted by molar-refractivity contribution is -0.126. The number of carbonyl (C=O) groups excluding carboxylic acids is 2. The molecule has 227 valence electrons. The molecule has 2 amide bonds. The normalized spacial score (nSPS) is 13.8. The predicted octanol–water partition coefficient (Wildman–Crippen LogP) is 3.45. The number of aliphatic imine (C=N–C) groups is 1. The number of methoxy groups -OCH3 is 1. The minimum atomic E-state index is -0.672. The molecule has 1 radical (unpaired) electrons. The van der Waals surface area contributed by atoms with E-state index >= 15 is 0 Å². The van der Waals surface area contributed by atoms with Gasteiger partial charge < -0.3 is 20.4 Å². The number of thiophene rings is 1. The molecule has 0 aliphatic carbocycles. The maximum Gasteiger partial charge on any atom is 0.326 e. The summed E-state index contributed by atoms with van der Waals surface area (Å²) in [4.78, 5) is 30.9. The van der Waals surface area contributed by atoms with Crippen LogP contribution in [0.25, 0.3) is 15.8 Å². The highest BCUT2D eigenvalue weighted by Gasteiger charge is 2.30. The number of halogens is 1. The van der Waals surface area contributed by atoms with Crippen LogP contribution >= 0.6 is 22.9 Å². The zero-order chi connectivity index (χ0) is 31.5. The van der Waals surface area contributed by atoms with Gasteiger partial charge in [-0.05, 0) is 66.1 Å². The maximum atomic E-state index is 13.2. The highest BCUT2D eigenvalue weighted by molar-refractivity contribution is 7.17. The average Bonchev–Trinajstić information content (AvgIpc) is 3.61. The second kappa shape index (κ2) is 13.2. The number of aromatic nitrogens is 3. The summed E-state index contributed by atoms with van der Waals surface area (Å²) in [6.45, 7) is 2.11. The summed E-state index contributed by atoms with van der Waals surface area (Å²) in [7, 11) is 2.68. The van der Waals surface area contributed by atoms with Crippen molar-refractivity contribution >= 4 is 63.5 Å². The van der Waals surface area contributed by atoms with Gasteiger partial charge in [0.2, 0.25) is 11.8 Å². The Kier molecular flexibility index (Phi) is 8.97. The Balaban J connectivity index is 1.15. The zero-order valence-corrected chi connectivity index (χ0v) is 26.2. The van der Waals surface area contributed by atoms with Crippen LogP contribution in [0.5, 0.6) is 5.75 Å². The van der Waals surface area contributed by atoms with Crippen molar-refractivity contribution in [1.29, 1.82) is 0 Å². The lowest BCUT2D eigenvalue weighted by Crippen LogP contribution is -2.38. The van der Waals surface area contributed by atoms with Crippen LogP contribution in [0.4, 0.5) is 0 Å². The van der Waals surface area contributed by atoms with Crippen molar-refractivity contribution in [2.24, 2.45) is 4.99 Å². The number of nitrogens with zero attached hydrogens (tertiary/aromatic N) is 4. The molecule has 3 aromatic carbocycles. The Hall–Kier alpha value is -4.52. The summed E-state index contributed by atoms with van der Waals surface area (Å²) >= 11 is 7.77. The van der Waals surface area contributed by atoms with Crippen molar-refractivity contribution in [2.45, 2.75) is 25.8 Å². The summed E-state index contributed by atoms with van der Waals surface area (Å²) in [5, 5.41) is 27.3. The van der Waals surface area contributed by atoms with E-state index in [-0.39, 0.29) is 24.8 Å². The van der Waals surface area contributed by atoms with Crippen molar-refractivity contribution in [2.75, 3.05) is 20.2 Å². The number of hydrogen-bond donors (Lipinski definition) is 3. The van der Waals surface area contributed by atoms with Gasteiger partial charge in [-0.3, -0.25) is 19.1 Å². The van der Waals surface area contributed by atoms with Gasteiger partial charge in [0.05, 0.1) is 31.5 Å². The molecule has 0 unspecified atom stereocenters. The van der Waals surface area contributed by atoms with E-state index in [1.54, 1.807) is 30.6 Å². The van der Waals surface area contributed by atoms with Gasteiger partial charge in [0.25, 0.3) is 0 Å². The van der Waals surface area contributed by atoms with Crippen molar-refractivity contribution in [3.8, 4) is 11.4 Å². The molecule has 3 N–H and O–H groups in total. The van der Waals surface area contributed by atoms with Crippen LogP contribution in [0.3, 0.4) is 0 Å². The molecule has 45 heavy (non-hydrogen) atoms. The predicted molar refractivity (Wildman–Crippen MR) is 176 cm³/mol. The molecule has 5 aromatic rings. The monoisotopic (exact) mass is 639 g/mol. The van der Waals surface area contributed by atoms with Crippen LogP contribution in [-0.2, 0) is 16.0 Å². The van der Waals surface area contributed by atoms with Gasteiger partial charge in [0.1, 0.15) is 17.6 Å². The van der Waals surface area contributed by atoms with Gasteiger partial charge in [0.15, 0.2) is 5.82 Å². The zero-order valence-electron chi connectivity index (χ0n) is 24.6. The minimum Gasteiger partial charge on any atom is -0.497 e. The van der Waals surface area contributed by atoms with Crippen LogP contribution in [0.2, 0.25) is 5.02 Å². The Bertz CT molecular complexity index is 1920. The molecule has 2 aromatic heterocycles. The highest BCUT2D eigenvalue weighted by atomic mass is 35.5. The first-order valence-corrected chi connectivity index (χ1v) is 15.6. The maximum absolute atomic E-state index is 13.2. The first-order chi connectivity index (χ1) is 21.8. The number of carbonyl (C=O) groups is 2. The molecule has 10 nitrogen and oxygen atoms in total. The Morgan fingerprint density at radius 3 is 2.67 bits per heavy atom. The molecule has 0 saturated carbocycles. The number of fused-ring (bicyclic) bond motifs is 4. The fraction of sp³-hybridized carbons (Fsp3) is 0.219. The van der Waals surface area contributed by atoms with Crippen LogP contribution in [0.15, 0.2) is 71.0 Å². The van der Waals surface area contributed by atoms with E-state index in [4.69, 9.17) is 21.3 Å². The molecule has 0 saturated heterocycles. The van der Waals surface area contributed by atoms with Crippen LogP contribution < -0.4 is 20.8 Å². The third-order valence-corrected chi connectivity index (χ3v) is 8.87. The molecular weight excluding hydrogens is 611 g/mol. The summed E-state index contributed by atoms with van der Waals surface area (Å²) in [5.41, 5.74) is 4.96. The van der Waals surface area contributed by atoms with E-state index in [1.807, 2.05) is 60.0 Å². The van der Waals surface area contributed by atoms with Gasteiger partial charge in [0, 0.05) is 27.4 Å². The summed E-state index contributed by atoms with van der Waals surface area (Å²) in [5.74, 6) is 1.20.